The molecule has 2 aromatic rings. The molecule has 0 aliphatic rings. The smallest absolute Gasteiger partial charge is 0.189 e. The van der Waals surface area contributed by atoms with E-state index in [2.05, 4.69) is 10.3 Å². The zero-order valence-electron chi connectivity index (χ0n) is 12.2. The van der Waals surface area contributed by atoms with Gasteiger partial charge in [0.05, 0.1) is 7.11 Å². The Balaban J connectivity index is 2.11. The maximum absolute atomic E-state index is 12.1. The van der Waals surface area contributed by atoms with Crippen molar-refractivity contribution in [1.82, 2.24) is 4.98 Å². The molecule has 0 fully saturated rings. The van der Waals surface area contributed by atoms with E-state index in [0.29, 0.717) is 5.56 Å². The lowest BCUT2D eigenvalue weighted by molar-refractivity contribution is 0.104. The number of methoxy groups -OCH3 is 1. The number of aromatic nitrogens is 1. The minimum atomic E-state index is -0.0547. The molecule has 4 nitrogen and oxygen atoms in total. The van der Waals surface area contributed by atoms with Gasteiger partial charge in [-0.25, -0.2) is 0 Å². The fraction of sp³-hybridized carbons (Fsp3) is 0.176. The lowest BCUT2D eigenvalue weighted by Gasteiger charge is -2.09. The Kier molecular flexibility index (Phi) is 5.10. The molecule has 0 aliphatic carbocycles. The third kappa shape index (κ3) is 4.18. The zero-order chi connectivity index (χ0) is 15.1. The highest BCUT2D eigenvalue weighted by Crippen LogP contribution is 2.17. The number of ether oxygens (including phenoxy) is 1. The van der Waals surface area contributed by atoms with Crippen LogP contribution in [0.5, 0.6) is 5.75 Å². The van der Waals surface area contributed by atoms with Crippen molar-refractivity contribution in [1.29, 1.82) is 0 Å². The predicted molar refractivity (Wildman–Crippen MR) is 83.6 cm³/mol. The molecule has 0 saturated heterocycles. The van der Waals surface area contributed by atoms with Crippen molar-refractivity contribution >= 4 is 11.5 Å². The van der Waals surface area contributed by atoms with Crippen LogP contribution < -0.4 is 10.1 Å². The molecule has 108 valence electrons. The first-order chi connectivity index (χ1) is 10.2. The molecule has 1 aromatic carbocycles. The molecular formula is C17H18N2O2. The Morgan fingerprint density at radius 2 is 2.05 bits per heavy atom. The first-order valence-corrected chi connectivity index (χ1v) is 6.79. The van der Waals surface area contributed by atoms with Gasteiger partial charge >= 0.3 is 0 Å². The number of carbonyl (C=O) groups is 1. The highest BCUT2D eigenvalue weighted by atomic mass is 16.5. The monoisotopic (exact) mass is 282 g/mol. The van der Waals surface area contributed by atoms with Crippen LogP contribution >= 0.6 is 0 Å². The third-order valence-corrected chi connectivity index (χ3v) is 3.03. The van der Waals surface area contributed by atoms with Crippen molar-refractivity contribution in [2.75, 3.05) is 12.4 Å². The quantitative estimate of drug-likeness (QED) is 0.648. The average molecular weight is 282 g/mol. The number of pyridine rings is 1. The average Bonchev–Trinajstić information content (AvgIpc) is 2.55. The number of allylic oxidation sites excluding steroid dienone is 2. The molecule has 0 amide bonds. The van der Waals surface area contributed by atoms with Crippen molar-refractivity contribution in [2.24, 2.45) is 0 Å². The van der Waals surface area contributed by atoms with E-state index >= 15 is 0 Å². The van der Waals surface area contributed by atoms with Crippen molar-refractivity contribution in [2.45, 2.75) is 13.3 Å². The van der Waals surface area contributed by atoms with Crippen LogP contribution in [0.3, 0.4) is 0 Å². The predicted octanol–water partition coefficient (Wildman–Crippen LogP) is 3.68. The standard InChI is InChI=1S/C17H18N2O2/c1-3-14(11-17(20)13-5-4-10-18-12-13)19-15-6-8-16(21-2)9-7-15/h4-12,19H,3H2,1-2H3/b14-11+. The molecule has 21 heavy (non-hydrogen) atoms. The van der Waals surface area contributed by atoms with Crippen LogP contribution in [0.2, 0.25) is 0 Å². The highest BCUT2D eigenvalue weighted by molar-refractivity contribution is 6.04. The van der Waals surface area contributed by atoms with Crippen LogP contribution in [0.15, 0.2) is 60.6 Å². The molecule has 0 spiro atoms. The van der Waals surface area contributed by atoms with E-state index in [1.165, 1.54) is 0 Å². The Morgan fingerprint density at radius 3 is 2.62 bits per heavy atom. The number of rotatable bonds is 6. The minimum Gasteiger partial charge on any atom is -0.497 e. The molecule has 1 N–H and O–H groups in total. The highest BCUT2D eigenvalue weighted by Gasteiger charge is 2.04. The molecular weight excluding hydrogens is 264 g/mol. The Morgan fingerprint density at radius 1 is 1.29 bits per heavy atom. The Bertz CT molecular complexity index is 619. The van der Waals surface area contributed by atoms with Gasteiger partial charge in [-0.1, -0.05) is 6.92 Å². The van der Waals surface area contributed by atoms with E-state index in [1.54, 1.807) is 37.7 Å². The van der Waals surface area contributed by atoms with Crippen LogP contribution in [-0.2, 0) is 0 Å². The van der Waals surface area contributed by atoms with Gasteiger partial charge in [0.2, 0.25) is 0 Å². The van der Waals surface area contributed by atoms with Crippen LogP contribution in [0.4, 0.5) is 5.69 Å². The second-order valence-corrected chi connectivity index (χ2v) is 4.48. The van der Waals surface area contributed by atoms with E-state index in [1.807, 2.05) is 31.2 Å². The van der Waals surface area contributed by atoms with Gasteiger partial charge in [0.1, 0.15) is 5.75 Å². The fourth-order valence-corrected chi connectivity index (χ4v) is 1.84. The van der Waals surface area contributed by atoms with Gasteiger partial charge in [0.25, 0.3) is 0 Å². The maximum Gasteiger partial charge on any atom is 0.189 e. The summed E-state index contributed by atoms with van der Waals surface area (Å²) in [6.07, 6.45) is 5.57. The molecule has 0 bridgehead atoms. The van der Waals surface area contributed by atoms with Crippen molar-refractivity contribution < 1.29 is 9.53 Å². The lowest BCUT2D eigenvalue weighted by atomic mass is 10.1. The van der Waals surface area contributed by atoms with E-state index < -0.39 is 0 Å². The summed E-state index contributed by atoms with van der Waals surface area (Å²) >= 11 is 0. The summed E-state index contributed by atoms with van der Waals surface area (Å²) in [5.41, 5.74) is 2.36. The van der Waals surface area contributed by atoms with Gasteiger partial charge in [-0.15, -0.1) is 0 Å². The molecule has 1 aromatic heterocycles. The van der Waals surface area contributed by atoms with Crippen molar-refractivity contribution in [3.8, 4) is 5.75 Å². The number of hydrogen-bond donors (Lipinski definition) is 1. The molecule has 0 saturated carbocycles. The van der Waals surface area contributed by atoms with Gasteiger partial charge in [-0.3, -0.25) is 9.78 Å². The summed E-state index contributed by atoms with van der Waals surface area (Å²) in [4.78, 5) is 16.1. The number of benzene rings is 1. The SMILES string of the molecule is CC/C(=C\C(=O)c1cccnc1)Nc1ccc(OC)cc1. The second kappa shape index (κ2) is 7.24. The molecule has 4 heteroatoms. The second-order valence-electron chi connectivity index (χ2n) is 4.48. The van der Waals surface area contributed by atoms with Gasteiger partial charge in [-0.2, -0.15) is 0 Å². The largest absolute Gasteiger partial charge is 0.497 e. The van der Waals surface area contributed by atoms with Crippen LogP contribution in [0, 0.1) is 0 Å². The van der Waals surface area contributed by atoms with Crippen LogP contribution in [0.25, 0.3) is 0 Å². The summed E-state index contributed by atoms with van der Waals surface area (Å²) in [5.74, 6) is 0.745. The topological polar surface area (TPSA) is 51.2 Å². The van der Waals surface area contributed by atoms with E-state index in [4.69, 9.17) is 4.74 Å². The Labute approximate surface area is 124 Å². The molecule has 0 unspecified atom stereocenters. The third-order valence-electron chi connectivity index (χ3n) is 3.03. The first kappa shape index (κ1) is 14.8. The molecule has 0 aliphatic heterocycles. The lowest BCUT2D eigenvalue weighted by Crippen LogP contribution is -2.03. The van der Waals surface area contributed by atoms with Crippen molar-refractivity contribution in [3.05, 3.63) is 66.1 Å². The summed E-state index contributed by atoms with van der Waals surface area (Å²) in [7, 11) is 1.63. The summed E-state index contributed by atoms with van der Waals surface area (Å²) in [5, 5.41) is 3.24. The van der Waals surface area contributed by atoms with Crippen LogP contribution in [0.1, 0.15) is 23.7 Å². The normalized spacial score (nSPS) is 11.0. The van der Waals surface area contributed by atoms with Gasteiger partial charge in [0, 0.05) is 35.4 Å². The molecule has 1 heterocycles. The summed E-state index contributed by atoms with van der Waals surface area (Å²) in [6.45, 7) is 2.00. The Hall–Kier alpha value is -2.62. The van der Waals surface area contributed by atoms with Gasteiger partial charge in [0.15, 0.2) is 5.78 Å². The zero-order valence-corrected chi connectivity index (χ0v) is 12.2. The van der Waals surface area contributed by atoms with Crippen LogP contribution in [-0.4, -0.2) is 17.9 Å². The summed E-state index contributed by atoms with van der Waals surface area (Å²) in [6, 6.07) is 11.1. The maximum atomic E-state index is 12.1. The number of carbonyl (C=O) groups excluding carboxylic acids is 1. The van der Waals surface area contributed by atoms with E-state index in [0.717, 1.165) is 23.6 Å². The number of anilines is 1. The van der Waals surface area contributed by atoms with E-state index in [-0.39, 0.29) is 5.78 Å². The molecule has 2 rings (SSSR count). The number of nitrogens with one attached hydrogen (secondary N) is 1. The van der Waals surface area contributed by atoms with Gasteiger partial charge < -0.3 is 10.1 Å². The summed E-state index contributed by atoms with van der Waals surface area (Å²) < 4.78 is 5.12. The van der Waals surface area contributed by atoms with Crippen molar-refractivity contribution in [3.63, 3.8) is 0 Å². The molecule has 0 radical (unpaired) electrons. The number of hydrogen-bond acceptors (Lipinski definition) is 4. The number of ketones is 1. The first-order valence-electron chi connectivity index (χ1n) is 6.79. The number of nitrogens with zero attached hydrogens (tertiary/aromatic N) is 1. The minimum absolute atomic E-state index is 0.0547. The van der Waals surface area contributed by atoms with Gasteiger partial charge in [-0.05, 0) is 42.8 Å². The fourth-order valence-electron chi connectivity index (χ4n) is 1.84. The molecule has 0 atom stereocenters. The van der Waals surface area contributed by atoms with E-state index in [9.17, 15) is 4.79 Å².